The molecule has 60 valence electrons. The molecular formula is C6H7NO4. The summed E-state index contributed by atoms with van der Waals surface area (Å²) in [7, 11) is 0. The van der Waals surface area contributed by atoms with Gasteiger partial charge in [0.15, 0.2) is 0 Å². The van der Waals surface area contributed by atoms with Crippen molar-refractivity contribution in [1.82, 2.24) is 0 Å². The molecule has 0 saturated heterocycles. The zero-order valence-electron chi connectivity index (χ0n) is 5.78. The number of nitrogens with zero attached hydrogens (tertiary/aromatic N) is 1. The second kappa shape index (κ2) is 6.67. The Balaban J connectivity index is 3.20. The van der Waals surface area contributed by atoms with Crippen molar-refractivity contribution in [1.29, 1.82) is 0 Å². The molecule has 0 aliphatic heterocycles. The fourth-order valence-corrected chi connectivity index (χ4v) is 0.262. The minimum Gasteiger partial charge on any atom is -0.293 e. The summed E-state index contributed by atoms with van der Waals surface area (Å²) in [4.78, 5) is 31.3. The summed E-state index contributed by atoms with van der Waals surface area (Å²) in [5.74, 6) is -0.680. The molecule has 0 bridgehead atoms. The highest BCUT2D eigenvalue weighted by atomic mass is 17.2. The lowest BCUT2D eigenvalue weighted by atomic mass is 10.7. The average molecular weight is 157 g/mol. The lowest BCUT2D eigenvalue weighted by Gasteiger charge is -1.96. The van der Waals surface area contributed by atoms with Gasteiger partial charge >= 0.3 is 5.97 Å². The number of rotatable bonds is 5. The first-order valence-electron chi connectivity index (χ1n) is 2.80. The van der Waals surface area contributed by atoms with Crippen molar-refractivity contribution in [3.05, 3.63) is 12.7 Å². The topological polar surface area (TPSA) is 65.0 Å². The van der Waals surface area contributed by atoms with E-state index >= 15 is 0 Å². The Morgan fingerprint density at radius 1 is 1.73 bits per heavy atom. The first-order valence-corrected chi connectivity index (χ1v) is 2.80. The monoisotopic (exact) mass is 157 g/mol. The summed E-state index contributed by atoms with van der Waals surface area (Å²) in [5, 5.41) is 0. The molecule has 0 atom stereocenters. The molecule has 0 spiro atoms. The Morgan fingerprint density at radius 2 is 2.45 bits per heavy atom. The van der Waals surface area contributed by atoms with Crippen molar-refractivity contribution in [3.63, 3.8) is 0 Å². The maximum atomic E-state index is 10.3. The van der Waals surface area contributed by atoms with Crippen LogP contribution in [0.2, 0.25) is 0 Å². The maximum Gasteiger partial charge on any atom is 0.365 e. The summed E-state index contributed by atoms with van der Waals surface area (Å²) in [6, 6.07) is 0. The van der Waals surface area contributed by atoms with E-state index < -0.39 is 5.97 Å². The highest BCUT2D eigenvalue weighted by Gasteiger charge is 1.94. The number of hydrogen-bond acceptors (Lipinski definition) is 5. The normalized spacial score (nSPS) is 8.00. The first kappa shape index (κ1) is 9.55. The first-order chi connectivity index (χ1) is 5.31. The standard InChI is InChI=1S/C6H7NO4/c1-2-6(9)11-10-4-3-7-5-8/h2H,1,3-4H2. The third kappa shape index (κ3) is 6.44. The SMILES string of the molecule is C=CC(=O)OOCCN=C=O. The Labute approximate surface area is 63.2 Å². The Bertz CT molecular complexity index is 183. The minimum absolute atomic E-state index is 0.0365. The highest BCUT2D eigenvalue weighted by Crippen LogP contribution is 1.81. The molecule has 0 heterocycles. The third-order valence-corrected chi connectivity index (χ3v) is 0.659. The quantitative estimate of drug-likeness (QED) is 0.140. The van der Waals surface area contributed by atoms with Crippen LogP contribution in [0.4, 0.5) is 0 Å². The van der Waals surface area contributed by atoms with E-state index in [1.54, 1.807) is 0 Å². The minimum atomic E-state index is -0.680. The molecule has 0 aliphatic carbocycles. The van der Waals surface area contributed by atoms with Gasteiger partial charge in [0.2, 0.25) is 6.08 Å². The van der Waals surface area contributed by atoms with E-state index in [0.29, 0.717) is 0 Å². The van der Waals surface area contributed by atoms with Gasteiger partial charge in [-0.25, -0.2) is 14.6 Å². The van der Waals surface area contributed by atoms with E-state index in [4.69, 9.17) is 0 Å². The summed E-state index contributed by atoms with van der Waals surface area (Å²) in [6.45, 7) is 3.29. The largest absolute Gasteiger partial charge is 0.365 e. The van der Waals surface area contributed by atoms with Gasteiger partial charge in [-0.2, -0.15) is 4.89 Å². The van der Waals surface area contributed by atoms with Crippen molar-refractivity contribution in [2.45, 2.75) is 0 Å². The predicted molar refractivity (Wildman–Crippen MR) is 35.2 cm³/mol. The van der Waals surface area contributed by atoms with E-state index in [1.165, 1.54) is 6.08 Å². The number of carbonyl (C=O) groups is 1. The van der Waals surface area contributed by atoms with E-state index in [9.17, 15) is 9.59 Å². The van der Waals surface area contributed by atoms with Crippen LogP contribution in [-0.4, -0.2) is 25.2 Å². The molecule has 0 amide bonds. The molecule has 0 radical (unpaired) electrons. The lowest BCUT2D eigenvalue weighted by molar-refractivity contribution is -0.265. The zero-order valence-corrected chi connectivity index (χ0v) is 5.78. The Hall–Kier alpha value is -1.45. The molecule has 0 aromatic heterocycles. The zero-order chi connectivity index (χ0) is 8.53. The van der Waals surface area contributed by atoms with Crippen LogP contribution in [-0.2, 0) is 19.4 Å². The van der Waals surface area contributed by atoms with Crippen molar-refractivity contribution in [2.75, 3.05) is 13.2 Å². The number of hydrogen-bond donors (Lipinski definition) is 0. The van der Waals surface area contributed by atoms with Gasteiger partial charge in [0.1, 0.15) is 6.61 Å². The van der Waals surface area contributed by atoms with Gasteiger partial charge in [-0.05, 0) is 0 Å². The van der Waals surface area contributed by atoms with E-state index in [0.717, 1.165) is 6.08 Å². The molecule has 0 aromatic rings. The van der Waals surface area contributed by atoms with Crippen molar-refractivity contribution >= 4 is 12.0 Å². The van der Waals surface area contributed by atoms with Crippen molar-refractivity contribution < 1.29 is 19.4 Å². The Kier molecular flexibility index (Phi) is 5.79. The molecule has 5 heteroatoms. The smallest absolute Gasteiger partial charge is 0.293 e. The molecule has 0 rings (SSSR count). The fourth-order valence-electron chi connectivity index (χ4n) is 0.262. The van der Waals surface area contributed by atoms with Crippen LogP contribution in [0.3, 0.4) is 0 Å². The summed E-state index contributed by atoms with van der Waals surface area (Å²) in [5.41, 5.74) is 0. The predicted octanol–water partition coefficient (Wildman–Crippen LogP) is -0.0170. The van der Waals surface area contributed by atoms with Crippen LogP contribution < -0.4 is 0 Å². The molecular weight excluding hydrogens is 150 g/mol. The second-order valence-corrected chi connectivity index (χ2v) is 1.40. The van der Waals surface area contributed by atoms with Crippen LogP contribution in [0.5, 0.6) is 0 Å². The third-order valence-electron chi connectivity index (χ3n) is 0.659. The maximum absolute atomic E-state index is 10.3. The fraction of sp³-hybridized carbons (Fsp3) is 0.333. The van der Waals surface area contributed by atoms with Crippen LogP contribution in [0.15, 0.2) is 17.6 Å². The highest BCUT2D eigenvalue weighted by molar-refractivity contribution is 5.80. The van der Waals surface area contributed by atoms with Crippen LogP contribution >= 0.6 is 0 Å². The molecule has 0 saturated carbocycles. The van der Waals surface area contributed by atoms with Gasteiger partial charge in [-0.1, -0.05) is 6.58 Å². The van der Waals surface area contributed by atoms with E-state index in [-0.39, 0.29) is 13.2 Å². The molecule has 0 N–H and O–H groups in total. The van der Waals surface area contributed by atoms with Gasteiger partial charge in [0.05, 0.1) is 6.54 Å². The molecule has 5 nitrogen and oxygen atoms in total. The number of carbonyl (C=O) groups excluding carboxylic acids is 2. The number of isocyanates is 1. The Morgan fingerprint density at radius 3 is 3.00 bits per heavy atom. The molecule has 0 aliphatic rings. The van der Waals surface area contributed by atoms with Crippen molar-refractivity contribution in [3.8, 4) is 0 Å². The molecule has 0 unspecified atom stereocenters. The second-order valence-electron chi connectivity index (χ2n) is 1.40. The van der Waals surface area contributed by atoms with Gasteiger partial charge in [-0.15, -0.1) is 0 Å². The summed E-state index contributed by atoms with van der Waals surface area (Å²) in [6.07, 6.45) is 2.27. The van der Waals surface area contributed by atoms with Gasteiger partial charge in [0, 0.05) is 6.08 Å². The van der Waals surface area contributed by atoms with E-state index in [2.05, 4.69) is 21.3 Å². The van der Waals surface area contributed by atoms with Crippen molar-refractivity contribution in [2.24, 2.45) is 4.99 Å². The molecule has 11 heavy (non-hydrogen) atoms. The summed E-state index contributed by atoms with van der Waals surface area (Å²) < 4.78 is 0. The van der Waals surface area contributed by atoms with Crippen LogP contribution in [0.25, 0.3) is 0 Å². The molecule has 0 fully saturated rings. The lowest BCUT2D eigenvalue weighted by Crippen LogP contribution is -2.04. The van der Waals surface area contributed by atoms with E-state index in [1.807, 2.05) is 0 Å². The average Bonchev–Trinajstić information content (AvgIpc) is 2.04. The van der Waals surface area contributed by atoms with Gasteiger partial charge < -0.3 is 0 Å². The van der Waals surface area contributed by atoms with Crippen LogP contribution in [0.1, 0.15) is 0 Å². The molecule has 0 aromatic carbocycles. The van der Waals surface area contributed by atoms with Gasteiger partial charge in [0.25, 0.3) is 0 Å². The van der Waals surface area contributed by atoms with Crippen LogP contribution in [0, 0.1) is 0 Å². The van der Waals surface area contributed by atoms with Gasteiger partial charge in [-0.3, -0.25) is 4.89 Å². The summed E-state index contributed by atoms with van der Waals surface area (Å²) >= 11 is 0. The number of aliphatic imine (C=N–C) groups is 1.